The molecule has 0 fully saturated rings. The average Bonchev–Trinajstić information content (AvgIpc) is 1.36. The highest BCUT2D eigenvalue weighted by Crippen LogP contribution is 2.02. The van der Waals surface area contributed by atoms with E-state index in [2.05, 4.69) is 13.2 Å². The van der Waals surface area contributed by atoms with Crippen LogP contribution in [0.5, 0.6) is 0 Å². The fraction of sp³-hybridized carbons (Fsp3) is 0. The highest BCUT2D eigenvalue weighted by atomic mass is 35.5. The summed E-state index contributed by atoms with van der Waals surface area (Å²) in [5.41, 5.74) is 0. The topological polar surface area (TPSA) is 20.2 Å². The van der Waals surface area contributed by atoms with E-state index in [1.807, 2.05) is 0 Å². The smallest absolute Gasteiger partial charge is 0.133 e. The van der Waals surface area contributed by atoms with Crippen molar-refractivity contribution in [1.29, 1.82) is 0 Å². The van der Waals surface area contributed by atoms with Crippen molar-refractivity contribution >= 4 is 11.6 Å². The van der Waals surface area contributed by atoms with E-state index in [-0.39, 0.29) is 5.03 Å². The molecule has 6 heavy (non-hydrogen) atoms. The van der Waals surface area contributed by atoms with E-state index >= 15 is 0 Å². The Kier molecular flexibility index (Phi) is 1.74. The van der Waals surface area contributed by atoms with Gasteiger partial charge in [-0.15, -0.1) is 0 Å². The minimum atomic E-state index is -0.420. The quantitative estimate of drug-likeness (QED) is 0.395. The molecule has 1 N–H and O–H groups in total. The van der Waals surface area contributed by atoms with Crippen molar-refractivity contribution < 1.29 is 5.11 Å². The lowest BCUT2D eigenvalue weighted by atomic mass is 10.6. The third kappa shape index (κ3) is 1.85. The van der Waals surface area contributed by atoms with Crippen LogP contribution in [0.3, 0.4) is 0 Å². The molecule has 0 aromatic heterocycles. The van der Waals surface area contributed by atoms with Gasteiger partial charge in [0.1, 0.15) is 5.76 Å². The number of hydrogen-bond donors (Lipinski definition) is 1. The monoisotopic (exact) mass is 103 g/mol. The Morgan fingerprint density at radius 3 is 2.00 bits per heavy atom. The second kappa shape index (κ2) is 1.88. The summed E-state index contributed by atoms with van der Waals surface area (Å²) in [5.74, 6) is -0.420. The Balaban J connectivity index is 3.57. The van der Waals surface area contributed by atoms with E-state index in [9.17, 15) is 0 Å². The Hall–Kier alpha value is -0.430. The fourth-order valence-corrected chi connectivity index (χ4v) is 0. The van der Waals surface area contributed by atoms with Gasteiger partial charge in [-0.25, -0.2) is 0 Å². The number of rotatable bonds is 1. The second-order valence-corrected chi connectivity index (χ2v) is 1.25. The van der Waals surface area contributed by atoms with Crippen LogP contribution in [-0.4, -0.2) is 5.11 Å². The standard InChI is InChI=1S/C4H4ClO/c1-3(5)4(2)6/h2,6H,1H2. The zero-order chi connectivity index (χ0) is 5.15. The average molecular weight is 104 g/mol. The van der Waals surface area contributed by atoms with Crippen LogP contribution in [0.15, 0.2) is 17.4 Å². The third-order valence-electron chi connectivity index (χ3n) is 0.278. The van der Waals surface area contributed by atoms with Crippen molar-refractivity contribution in [2.75, 3.05) is 0 Å². The van der Waals surface area contributed by atoms with Crippen molar-refractivity contribution in [2.24, 2.45) is 0 Å². The Morgan fingerprint density at radius 2 is 2.00 bits per heavy atom. The van der Waals surface area contributed by atoms with Crippen LogP contribution < -0.4 is 0 Å². The van der Waals surface area contributed by atoms with Gasteiger partial charge in [0.15, 0.2) is 0 Å². The Bertz CT molecular complexity index is 73.5. The highest BCUT2D eigenvalue weighted by molar-refractivity contribution is 6.31. The van der Waals surface area contributed by atoms with Gasteiger partial charge in [-0.1, -0.05) is 18.2 Å². The maximum atomic E-state index is 8.09. The lowest BCUT2D eigenvalue weighted by Crippen LogP contribution is -1.70. The second-order valence-electron chi connectivity index (χ2n) is 0.790. The van der Waals surface area contributed by atoms with E-state index < -0.39 is 5.76 Å². The van der Waals surface area contributed by atoms with Gasteiger partial charge < -0.3 is 5.11 Å². The van der Waals surface area contributed by atoms with Gasteiger partial charge in [-0.2, -0.15) is 0 Å². The van der Waals surface area contributed by atoms with Crippen molar-refractivity contribution in [1.82, 2.24) is 0 Å². The number of aliphatic hydroxyl groups is 1. The van der Waals surface area contributed by atoms with Crippen LogP contribution in [0.25, 0.3) is 0 Å². The molecule has 0 aromatic carbocycles. The molecule has 0 aliphatic carbocycles. The maximum Gasteiger partial charge on any atom is 0.133 e. The molecule has 1 radical (unpaired) electrons. The molecule has 0 heterocycles. The molecule has 0 unspecified atom stereocenters. The number of aliphatic hydroxyl groups excluding tert-OH is 1. The van der Waals surface area contributed by atoms with Gasteiger partial charge in [-0.3, -0.25) is 0 Å². The van der Waals surface area contributed by atoms with Crippen LogP contribution in [0.1, 0.15) is 0 Å². The minimum absolute atomic E-state index is 0.0185. The maximum absolute atomic E-state index is 8.09. The lowest BCUT2D eigenvalue weighted by Gasteiger charge is -1.84. The first-order valence-electron chi connectivity index (χ1n) is 1.30. The number of halogens is 1. The van der Waals surface area contributed by atoms with Crippen LogP contribution in [-0.2, 0) is 0 Å². The molecule has 2 heteroatoms. The predicted molar refractivity (Wildman–Crippen MR) is 25.4 cm³/mol. The van der Waals surface area contributed by atoms with Crippen LogP contribution in [0, 0.1) is 6.58 Å². The van der Waals surface area contributed by atoms with Gasteiger partial charge in [0, 0.05) is 0 Å². The van der Waals surface area contributed by atoms with E-state index in [0.717, 1.165) is 0 Å². The SMILES string of the molecule is [CH]=C(O)C(=C)Cl. The summed E-state index contributed by atoms with van der Waals surface area (Å²) in [4.78, 5) is 0. The minimum Gasteiger partial charge on any atom is -0.506 e. The molecular weight excluding hydrogens is 99.5 g/mol. The largest absolute Gasteiger partial charge is 0.506 e. The molecule has 0 aromatic rings. The van der Waals surface area contributed by atoms with Gasteiger partial charge in [0.25, 0.3) is 0 Å². The molecule has 1 nitrogen and oxygen atoms in total. The van der Waals surface area contributed by atoms with Crippen molar-refractivity contribution in [2.45, 2.75) is 0 Å². The fourth-order valence-electron chi connectivity index (χ4n) is 0. The molecule has 0 aliphatic heterocycles. The van der Waals surface area contributed by atoms with Gasteiger partial charge >= 0.3 is 0 Å². The molecule has 33 valence electrons. The van der Waals surface area contributed by atoms with Crippen LogP contribution in [0.2, 0.25) is 0 Å². The van der Waals surface area contributed by atoms with Gasteiger partial charge in [0.2, 0.25) is 0 Å². The number of hydrogen-bond acceptors (Lipinski definition) is 1. The summed E-state index contributed by atoms with van der Waals surface area (Å²) in [6.07, 6.45) is 0. The third-order valence-corrected chi connectivity index (χ3v) is 0.472. The lowest BCUT2D eigenvalue weighted by molar-refractivity contribution is 0.430. The van der Waals surface area contributed by atoms with E-state index in [4.69, 9.17) is 16.7 Å². The molecule has 0 spiro atoms. The highest BCUT2D eigenvalue weighted by Gasteiger charge is 1.84. The molecule has 0 saturated heterocycles. The van der Waals surface area contributed by atoms with Crippen LogP contribution >= 0.6 is 11.6 Å². The molecule has 0 saturated carbocycles. The first-order chi connectivity index (χ1) is 2.64. The summed E-state index contributed by atoms with van der Waals surface area (Å²) < 4.78 is 0. The zero-order valence-electron chi connectivity index (χ0n) is 3.11. The summed E-state index contributed by atoms with van der Waals surface area (Å²) >= 11 is 5.01. The van der Waals surface area contributed by atoms with Crippen molar-refractivity contribution in [3.63, 3.8) is 0 Å². The molecule has 0 rings (SSSR count). The number of allylic oxidation sites excluding steroid dienone is 1. The summed E-state index contributed by atoms with van der Waals surface area (Å²) in [6.45, 7) is 7.78. The predicted octanol–water partition coefficient (Wildman–Crippen LogP) is 1.61. The Morgan fingerprint density at radius 1 is 1.83 bits per heavy atom. The van der Waals surface area contributed by atoms with Gasteiger partial charge in [-0.05, 0) is 6.58 Å². The van der Waals surface area contributed by atoms with Crippen molar-refractivity contribution in [3.05, 3.63) is 23.9 Å². The molecule has 0 aliphatic rings. The van der Waals surface area contributed by atoms with Crippen LogP contribution in [0.4, 0.5) is 0 Å². The van der Waals surface area contributed by atoms with E-state index in [1.165, 1.54) is 0 Å². The van der Waals surface area contributed by atoms with Gasteiger partial charge in [0.05, 0.1) is 5.03 Å². The summed E-state index contributed by atoms with van der Waals surface area (Å²) in [5, 5.41) is 8.07. The zero-order valence-corrected chi connectivity index (χ0v) is 3.87. The molecule has 0 amide bonds. The van der Waals surface area contributed by atoms with Crippen molar-refractivity contribution in [3.8, 4) is 0 Å². The van der Waals surface area contributed by atoms with E-state index in [1.54, 1.807) is 0 Å². The molecule has 0 bridgehead atoms. The summed E-state index contributed by atoms with van der Waals surface area (Å²) in [7, 11) is 0. The normalized spacial score (nSPS) is 7.50. The molecule has 0 atom stereocenters. The first-order valence-corrected chi connectivity index (χ1v) is 1.68. The molecular formula is C4H4ClO. The summed E-state index contributed by atoms with van der Waals surface area (Å²) in [6, 6.07) is 0. The first kappa shape index (κ1) is 5.57. The Labute approximate surface area is 41.6 Å². The van der Waals surface area contributed by atoms with E-state index in [0.29, 0.717) is 0 Å².